The summed E-state index contributed by atoms with van der Waals surface area (Å²) in [5, 5.41) is 0. The molecule has 0 saturated heterocycles. The lowest BCUT2D eigenvalue weighted by Crippen LogP contribution is -2.39. The summed E-state index contributed by atoms with van der Waals surface area (Å²) in [5.41, 5.74) is 5.75. The number of carbonyl (C=O) groups is 1. The highest BCUT2D eigenvalue weighted by atomic mass is 16.5. The van der Waals surface area contributed by atoms with Gasteiger partial charge in [-0.15, -0.1) is 0 Å². The van der Waals surface area contributed by atoms with Crippen LogP contribution < -0.4 is 5.73 Å². The van der Waals surface area contributed by atoms with Crippen LogP contribution in [0.15, 0.2) is 0 Å². The summed E-state index contributed by atoms with van der Waals surface area (Å²) < 4.78 is 4.61. The van der Waals surface area contributed by atoms with E-state index in [1.807, 2.05) is 6.92 Å². The molecule has 0 amide bonds. The molecule has 0 radical (unpaired) electrons. The van der Waals surface area contributed by atoms with Crippen LogP contribution in [-0.4, -0.2) is 43.7 Å². The van der Waals surface area contributed by atoms with E-state index in [2.05, 4.69) is 23.5 Å². The molecule has 0 fully saturated rings. The number of hydrogen-bond acceptors (Lipinski definition) is 4. The van der Waals surface area contributed by atoms with Gasteiger partial charge in [-0.1, -0.05) is 13.8 Å². The van der Waals surface area contributed by atoms with Gasteiger partial charge in [0, 0.05) is 25.7 Å². The molecule has 0 aromatic heterocycles. The minimum absolute atomic E-state index is 0.140. The third-order valence-electron chi connectivity index (χ3n) is 2.03. The number of esters is 1. The van der Waals surface area contributed by atoms with E-state index in [1.165, 1.54) is 7.11 Å². The van der Waals surface area contributed by atoms with Crippen LogP contribution in [0.3, 0.4) is 0 Å². The molecule has 0 aromatic carbocycles. The monoisotopic (exact) mass is 216 g/mol. The maximum atomic E-state index is 11.0. The number of methoxy groups -OCH3 is 1. The topological polar surface area (TPSA) is 55.6 Å². The molecule has 0 aromatic rings. The Balaban J connectivity index is 3.95. The second kappa shape index (κ2) is 7.65. The lowest BCUT2D eigenvalue weighted by atomic mass is 10.2. The minimum Gasteiger partial charge on any atom is -0.469 e. The van der Waals surface area contributed by atoms with Gasteiger partial charge in [0.1, 0.15) is 0 Å². The molecule has 0 aliphatic heterocycles. The van der Waals surface area contributed by atoms with Crippen molar-refractivity contribution in [2.45, 2.75) is 33.2 Å². The molecule has 4 heteroatoms. The van der Waals surface area contributed by atoms with Crippen LogP contribution in [0.25, 0.3) is 0 Å². The third-order valence-corrected chi connectivity index (χ3v) is 2.03. The molecule has 0 rings (SSSR count). The van der Waals surface area contributed by atoms with Crippen molar-refractivity contribution in [3.05, 3.63) is 0 Å². The maximum Gasteiger partial charge on any atom is 0.306 e. The summed E-state index contributed by atoms with van der Waals surface area (Å²) >= 11 is 0. The maximum absolute atomic E-state index is 11.0. The molecule has 0 bridgehead atoms. The van der Waals surface area contributed by atoms with Gasteiger partial charge in [-0.05, 0) is 12.8 Å². The van der Waals surface area contributed by atoms with Crippen molar-refractivity contribution in [3.63, 3.8) is 0 Å². The minimum atomic E-state index is -0.159. The Labute approximate surface area is 92.8 Å². The van der Waals surface area contributed by atoms with Gasteiger partial charge >= 0.3 is 5.97 Å². The fourth-order valence-corrected chi connectivity index (χ4v) is 1.53. The van der Waals surface area contributed by atoms with Crippen molar-refractivity contribution < 1.29 is 9.53 Å². The second-order valence-electron chi connectivity index (χ2n) is 4.46. The number of hydrogen-bond donors (Lipinski definition) is 1. The van der Waals surface area contributed by atoms with Crippen LogP contribution in [0.1, 0.15) is 27.2 Å². The zero-order valence-corrected chi connectivity index (χ0v) is 10.3. The summed E-state index contributed by atoms with van der Waals surface area (Å²) in [7, 11) is 1.42. The lowest BCUT2D eigenvalue weighted by molar-refractivity contribution is -0.141. The van der Waals surface area contributed by atoms with E-state index in [1.54, 1.807) is 0 Å². The molecule has 1 unspecified atom stereocenters. The molecule has 0 saturated carbocycles. The molecular weight excluding hydrogens is 192 g/mol. The van der Waals surface area contributed by atoms with Gasteiger partial charge in [-0.25, -0.2) is 0 Å². The van der Waals surface area contributed by atoms with Gasteiger partial charge in [0.05, 0.1) is 13.5 Å². The van der Waals surface area contributed by atoms with Gasteiger partial charge < -0.3 is 15.4 Å². The van der Waals surface area contributed by atoms with Crippen molar-refractivity contribution in [2.75, 3.05) is 26.7 Å². The molecule has 15 heavy (non-hydrogen) atoms. The number of carbonyl (C=O) groups excluding carboxylic acids is 1. The first-order valence-electron chi connectivity index (χ1n) is 5.50. The molecule has 4 nitrogen and oxygen atoms in total. The predicted octanol–water partition coefficient (Wildman–Crippen LogP) is 0.855. The van der Waals surface area contributed by atoms with Crippen LogP contribution in [0.4, 0.5) is 0 Å². The number of ether oxygens (including phenoxy) is 1. The fourth-order valence-electron chi connectivity index (χ4n) is 1.53. The first-order valence-corrected chi connectivity index (χ1v) is 5.50. The van der Waals surface area contributed by atoms with E-state index < -0.39 is 0 Å². The first-order chi connectivity index (χ1) is 6.95. The Hall–Kier alpha value is -0.610. The highest BCUT2D eigenvalue weighted by molar-refractivity contribution is 5.69. The van der Waals surface area contributed by atoms with E-state index in [0.29, 0.717) is 12.3 Å². The zero-order valence-electron chi connectivity index (χ0n) is 10.3. The van der Waals surface area contributed by atoms with E-state index in [9.17, 15) is 4.79 Å². The van der Waals surface area contributed by atoms with E-state index >= 15 is 0 Å². The molecule has 0 aliphatic rings. The number of nitrogens with two attached hydrogens (primary N) is 1. The molecule has 2 N–H and O–H groups in total. The Morgan fingerprint density at radius 2 is 1.93 bits per heavy atom. The summed E-state index contributed by atoms with van der Waals surface area (Å²) in [5.74, 6) is 0.426. The summed E-state index contributed by atoms with van der Waals surface area (Å²) in [6.07, 6.45) is 0.440. The van der Waals surface area contributed by atoms with Crippen molar-refractivity contribution in [2.24, 2.45) is 11.7 Å². The van der Waals surface area contributed by atoms with Crippen molar-refractivity contribution in [1.29, 1.82) is 0 Å². The Morgan fingerprint density at radius 1 is 1.33 bits per heavy atom. The van der Waals surface area contributed by atoms with E-state index in [0.717, 1.165) is 19.6 Å². The average Bonchev–Trinajstić information content (AvgIpc) is 2.11. The van der Waals surface area contributed by atoms with Gasteiger partial charge in [-0.3, -0.25) is 4.79 Å². The van der Waals surface area contributed by atoms with Crippen molar-refractivity contribution in [3.8, 4) is 0 Å². The van der Waals surface area contributed by atoms with Crippen LogP contribution >= 0.6 is 0 Å². The predicted molar refractivity (Wildman–Crippen MR) is 61.6 cm³/mol. The standard InChI is InChI=1S/C11H24N2O2/c1-9(2)7-13(8-10(3)12)6-5-11(14)15-4/h9-10H,5-8,12H2,1-4H3. The molecule has 1 atom stereocenters. The smallest absolute Gasteiger partial charge is 0.306 e. The van der Waals surface area contributed by atoms with Crippen molar-refractivity contribution in [1.82, 2.24) is 4.90 Å². The highest BCUT2D eigenvalue weighted by Gasteiger charge is 2.11. The third kappa shape index (κ3) is 8.39. The van der Waals surface area contributed by atoms with E-state index in [-0.39, 0.29) is 12.0 Å². The largest absolute Gasteiger partial charge is 0.469 e. The quantitative estimate of drug-likeness (QED) is 0.641. The van der Waals surface area contributed by atoms with Gasteiger partial charge in [0.25, 0.3) is 0 Å². The number of nitrogens with zero attached hydrogens (tertiary/aromatic N) is 1. The molecule has 0 aliphatic carbocycles. The van der Waals surface area contributed by atoms with Crippen LogP contribution in [0.2, 0.25) is 0 Å². The number of rotatable bonds is 7. The summed E-state index contributed by atoms with van der Waals surface area (Å²) in [6.45, 7) is 8.82. The molecule has 0 spiro atoms. The highest BCUT2D eigenvalue weighted by Crippen LogP contribution is 2.01. The summed E-state index contributed by atoms with van der Waals surface area (Å²) in [6, 6.07) is 0.140. The van der Waals surface area contributed by atoms with Gasteiger partial charge in [-0.2, -0.15) is 0 Å². The van der Waals surface area contributed by atoms with Crippen LogP contribution in [0.5, 0.6) is 0 Å². The Morgan fingerprint density at radius 3 is 2.33 bits per heavy atom. The normalized spacial score (nSPS) is 13.3. The lowest BCUT2D eigenvalue weighted by Gasteiger charge is -2.25. The summed E-state index contributed by atoms with van der Waals surface area (Å²) in [4.78, 5) is 13.2. The molecular formula is C11H24N2O2. The van der Waals surface area contributed by atoms with Crippen LogP contribution in [0, 0.1) is 5.92 Å². The Bertz CT molecular complexity index is 171. The van der Waals surface area contributed by atoms with Gasteiger partial charge in [0.2, 0.25) is 0 Å². The van der Waals surface area contributed by atoms with Crippen LogP contribution in [-0.2, 0) is 9.53 Å². The zero-order chi connectivity index (χ0) is 11.8. The van der Waals surface area contributed by atoms with E-state index in [4.69, 9.17) is 5.73 Å². The fraction of sp³-hybridized carbons (Fsp3) is 0.909. The first kappa shape index (κ1) is 14.4. The molecule has 90 valence electrons. The van der Waals surface area contributed by atoms with Crippen molar-refractivity contribution >= 4 is 5.97 Å². The SMILES string of the molecule is COC(=O)CCN(CC(C)C)CC(C)N. The Kier molecular flexibility index (Phi) is 7.34. The average molecular weight is 216 g/mol. The molecule has 0 heterocycles. The second-order valence-corrected chi connectivity index (χ2v) is 4.46. The van der Waals surface area contributed by atoms with Gasteiger partial charge in [0.15, 0.2) is 0 Å².